The molecule has 0 spiro atoms. The lowest BCUT2D eigenvalue weighted by atomic mass is 10.1. The van der Waals surface area contributed by atoms with Crippen LogP contribution < -0.4 is 5.32 Å². The molecular formula is C11H13N3OS. The van der Waals surface area contributed by atoms with E-state index in [0.29, 0.717) is 5.82 Å². The van der Waals surface area contributed by atoms with Gasteiger partial charge in [-0.3, -0.25) is 0 Å². The highest BCUT2D eigenvalue weighted by molar-refractivity contribution is 7.09. The van der Waals surface area contributed by atoms with Gasteiger partial charge < -0.3 is 10.1 Å². The third-order valence-electron chi connectivity index (χ3n) is 2.23. The number of methoxy groups -OCH3 is 1. The third kappa shape index (κ3) is 2.20. The van der Waals surface area contributed by atoms with E-state index in [9.17, 15) is 0 Å². The van der Waals surface area contributed by atoms with E-state index >= 15 is 0 Å². The van der Waals surface area contributed by atoms with E-state index in [4.69, 9.17) is 4.74 Å². The van der Waals surface area contributed by atoms with Gasteiger partial charge in [0.25, 0.3) is 0 Å². The second kappa shape index (κ2) is 5.05. The summed E-state index contributed by atoms with van der Waals surface area (Å²) >= 11 is 1.34. The molecule has 0 saturated heterocycles. The lowest BCUT2D eigenvalue weighted by Gasteiger charge is -2.11. The quantitative estimate of drug-likeness (QED) is 0.883. The molecule has 2 rings (SSSR count). The fraction of sp³-hybridized carbons (Fsp3) is 0.273. The number of aromatic nitrogens is 2. The zero-order valence-electron chi connectivity index (χ0n) is 9.18. The molecule has 16 heavy (non-hydrogen) atoms. The summed E-state index contributed by atoms with van der Waals surface area (Å²) in [6, 6.07) is 9.95. The molecule has 1 unspecified atom stereocenters. The predicted octanol–water partition coefficient (Wildman–Crippen LogP) is 2.32. The largest absolute Gasteiger partial charge is 0.369 e. The minimum atomic E-state index is -0.195. The van der Waals surface area contributed by atoms with Crippen LogP contribution in [0.4, 0.5) is 5.13 Å². The Morgan fingerprint density at radius 1 is 1.31 bits per heavy atom. The van der Waals surface area contributed by atoms with Crippen LogP contribution in [0.2, 0.25) is 0 Å². The van der Waals surface area contributed by atoms with Crippen LogP contribution in [0.25, 0.3) is 0 Å². The van der Waals surface area contributed by atoms with Crippen molar-refractivity contribution >= 4 is 16.7 Å². The molecule has 0 aliphatic heterocycles. The summed E-state index contributed by atoms with van der Waals surface area (Å²) in [5.74, 6) is 0.697. The monoisotopic (exact) mass is 235 g/mol. The van der Waals surface area contributed by atoms with Crippen LogP contribution in [0.5, 0.6) is 0 Å². The zero-order valence-corrected chi connectivity index (χ0v) is 9.99. The first-order valence-electron chi connectivity index (χ1n) is 4.94. The lowest BCUT2D eigenvalue weighted by molar-refractivity contribution is 0.130. The Labute approximate surface area is 98.5 Å². The molecule has 0 bridgehead atoms. The number of nitrogens with one attached hydrogen (secondary N) is 1. The van der Waals surface area contributed by atoms with Gasteiger partial charge in [0, 0.05) is 25.7 Å². The first kappa shape index (κ1) is 11.0. The van der Waals surface area contributed by atoms with Crippen LogP contribution in [0.15, 0.2) is 30.3 Å². The zero-order chi connectivity index (χ0) is 11.4. The Kier molecular flexibility index (Phi) is 3.48. The highest BCUT2D eigenvalue weighted by Crippen LogP contribution is 2.25. The summed E-state index contributed by atoms with van der Waals surface area (Å²) in [6.07, 6.45) is -0.195. The van der Waals surface area contributed by atoms with Crippen molar-refractivity contribution in [1.29, 1.82) is 0 Å². The molecule has 0 fully saturated rings. The maximum absolute atomic E-state index is 5.43. The van der Waals surface area contributed by atoms with Crippen LogP contribution in [0, 0.1) is 0 Å². The van der Waals surface area contributed by atoms with Crippen LogP contribution in [0.3, 0.4) is 0 Å². The van der Waals surface area contributed by atoms with Gasteiger partial charge in [0.15, 0.2) is 5.82 Å². The number of hydrogen-bond donors (Lipinski definition) is 1. The van der Waals surface area contributed by atoms with Gasteiger partial charge >= 0.3 is 0 Å². The normalized spacial score (nSPS) is 12.4. The maximum atomic E-state index is 5.43. The van der Waals surface area contributed by atoms with Crippen LogP contribution in [-0.4, -0.2) is 23.5 Å². The van der Waals surface area contributed by atoms with E-state index in [1.54, 1.807) is 7.11 Å². The summed E-state index contributed by atoms with van der Waals surface area (Å²) in [4.78, 5) is 4.35. The fourth-order valence-corrected chi connectivity index (χ4v) is 2.00. The third-order valence-corrected chi connectivity index (χ3v) is 2.97. The van der Waals surface area contributed by atoms with Crippen molar-refractivity contribution in [3.63, 3.8) is 0 Å². The summed E-state index contributed by atoms with van der Waals surface area (Å²) in [5, 5.41) is 3.77. The number of anilines is 1. The van der Waals surface area contributed by atoms with E-state index in [2.05, 4.69) is 14.7 Å². The molecule has 0 saturated carbocycles. The average Bonchev–Trinajstić information content (AvgIpc) is 2.80. The molecule has 0 amide bonds. The van der Waals surface area contributed by atoms with Gasteiger partial charge in [-0.25, -0.2) is 4.98 Å². The fourth-order valence-electron chi connectivity index (χ4n) is 1.46. The van der Waals surface area contributed by atoms with Crippen molar-refractivity contribution in [1.82, 2.24) is 9.36 Å². The Morgan fingerprint density at radius 3 is 2.62 bits per heavy atom. The number of hydrogen-bond acceptors (Lipinski definition) is 5. The predicted molar refractivity (Wildman–Crippen MR) is 64.7 cm³/mol. The molecular weight excluding hydrogens is 222 g/mol. The van der Waals surface area contributed by atoms with E-state index < -0.39 is 0 Å². The SMILES string of the molecule is CNc1nc(C(OC)c2ccccc2)ns1. The summed E-state index contributed by atoms with van der Waals surface area (Å²) in [6.45, 7) is 0. The number of ether oxygens (including phenoxy) is 1. The van der Waals surface area contributed by atoms with Crippen molar-refractivity contribution < 1.29 is 4.74 Å². The van der Waals surface area contributed by atoms with Crippen molar-refractivity contribution in [3.8, 4) is 0 Å². The second-order valence-corrected chi connectivity index (χ2v) is 3.99. The molecule has 0 aliphatic rings. The summed E-state index contributed by atoms with van der Waals surface area (Å²) < 4.78 is 9.71. The van der Waals surface area contributed by atoms with Crippen molar-refractivity contribution in [2.75, 3.05) is 19.5 Å². The molecule has 0 aliphatic carbocycles. The molecule has 1 atom stereocenters. The van der Waals surface area contributed by atoms with Gasteiger partial charge in [0.1, 0.15) is 6.10 Å². The maximum Gasteiger partial charge on any atom is 0.202 e. The van der Waals surface area contributed by atoms with E-state index in [-0.39, 0.29) is 6.10 Å². The standard InChI is InChI=1S/C11H13N3OS/c1-12-11-13-10(14-16-11)9(15-2)8-6-4-3-5-7-8/h3-7,9H,1-2H3,(H,12,13,14). The van der Waals surface area contributed by atoms with E-state index in [1.165, 1.54) is 11.5 Å². The highest BCUT2D eigenvalue weighted by atomic mass is 32.1. The van der Waals surface area contributed by atoms with Gasteiger partial charge in [-0.15, -0.1) is 0 Å². The van der Waals surface area contributed by atoms with Crippen molar-refractivity contribution in [2.45, 2.75) is 6.10 Å². The molecule has 0 radical (unpaired) electrons. The Balaban J connectivity index is 2.29. The van der Waals surface area contributed by atoms with Crippen LogP contribution >= 0.6 is 11.5 Å². The Morgan fingerprint density at radius 2 is 2.06 bits per heavy atom. The molecule has 1 aromatic carbocycles. The number of benzene rings is 1. The molecule has 1 heterocycles. The van der Waals surface area contributed by atoms with Crippen LogP contribution in [-0.2, 0) is 4.74 Å². The van der Waals surface area contributed by atoms with Gasteiger partial charge in [0.2, 0.25) is 5.13 Å². The topological polar surface area (TPSA) is 47.0 Å². The van der Waals surface area contributed by atoms with Crippen molar-refractivity contribution in [3.05, 3.63) is 41.7 Å². The summed E-state index contributed by atoms with van der Waals surface area (Å²) in [7, 11) is 3.49. The van der Waals surface area contributed by atoms with Gasteiger partial charge in [0.05, 0.1) is 0 Å². The van der Waals surface area contributed by atoms with Gasteiger partial charge in [-0.1, -0.05) is 30.3 Å². The Bertz CT molecular complexity index is 444. The molecule has 1 N–H and O–H groups in total. The molecule has 4 nitrogen and oxygen atoms in total. The smallest absolute Gasteiger partial charge is 0.202 e. The average molecular weight is 235 g/mol. The first-order chi connectivity index (χ1) is 7.85. The second-order valence-electron chi connectivity index (χ2n) is 3.23. The first-order valence-corrected chi connectivity index (χ1v) is 5.71. The molecule has 2 aromatic rings. The minimum Gasteiger partial charge on any atom is -0.369 e. The van der Waals surface area contributed by atoms with Gasteiger partial charge in [-0.05, 0) is 5.56 Å². The van der Waals surface area contributed by atoms with E-state index in [1.807, 2.05) is 37.4 Å². The number of rotatable bonds is 4. The van der Waals surface area contributed by atoms with Crippen molar-refractivity contribution in [2.24, 2.45) is 0 Å². The minimum absolute atomic E-state index is 0.195. The van der Waals surface area contributed by atoms with E-state index in [0.717, 1.165) is 10.7 Å². The number of nitrogens with zero attached hydrogens (tertiary/aromatic N) is 2. The molecule has 5 heteroatoms. The lowest BCUT2D eigenvalue weighted by Crippen LogP contribution is -2.05. The Hall–Kier alpha value is -1.46. The molecule has 1 aromatic heterocycles. The summed E-state index contributed by atoms with van der Waals surface area (Å²) in [5.41, 5.74) is 1.06. The van der Waals surface area contributed by atoms with Crippen LogP contribution in [0.1, 0.15) is 17.5 Å². The molecule has 84 valence electrons. The highest BCUT2D eigenvalue weighted by Gasteiger charge is 2.17. The van der Waals surface area contributed by atoms with Gasteiger partial charge in [-0.2, -0.15) is 4.37 Å².